The Kier molecular flexibility index (Phi) is 4.63. The molecule has 0 saturated heterocycles. The highest BCUT2D eigenvalue weighted by Crippen LogP contribution is 2.20. The Morgan fingerprint density at radius 1 is 1.00 bits per heavy atom. The van der Waals surface area contributed by atoms with Crippen molar-refractivity contribution < 1.29 is 13.5 Å². The minimum absolute atomic E-state index is 0.00641. The van der Waals surface area contributed by atoms with E-state index in [1.165, 1.54) is 33.8 Å². The summed E-state index contributed by atoms with van der Waals surface area (Å²) in [6.45, 7) is -2.93. The molecule has 0 N–H and O–H groups in total. The molecule has 0 amide bonds. The van der Waals surface area contributed by atoms with Crippen molar-refractivity contribution in [3.63, 3.8) is 0 Å². The number of aromatic nitrogens is 5. The number of hydrogen-bond donors (Lipinski definition) is 0. The smallest absolute Gasteiger partial charge is 0.387 e. The number of hydrogen-bond acceptors (Lipinski definition) is 5. The third-order valence-electron chi connectivity index (χ3n) is 3.87. The average molecular weight is 381 g/mol. The molecule has 9 heteroatoms. The molecule has 7 nitrogen and oxygen atoms in total. The van der Waals surface area contributed by atoms with Crippen LogP contribution in [0, 0.1) is 0 Å². The van der Waals surface area contributed by atoms with Crippen molar-refractivity contribution >= 4 is 0 Å². The Morgan fingerprint density at radius 2 is 1.89 bits per heavy atom. The van der Waals surface area contributed by atoms with Crippen molar-refractivity contribution in [2.24, 2.45) is 0 Å². The molecule has 0 spiro atoms. The fourth-order valence-corrected chi connectivity index (χ4v) is 2.68. The second-order valence-electron chi connectivity index (χ2n) is 5.67. The quantitative estimate of drug-likeness (QED) is 0.531. The first-order valence-corrected chi connectivity index (χ1v) is 8.23. The maximum absolute atomic E-state index is 12.5. The van der Waals surface area contributed by atoms with E-state index >= 15 is 0 Å². The van der Waals surface area contributed by atoms with Crippen LogP contribution in [0.3, 0.4) is 0 Å². The predicted octanol–water partition coefficient (Wildman–Crippen LogP) is 3.08. The normalized spacial score (nSPS) is 11.0. The van der Waals surface area contributed by atoms with Crippen LogP contribution in [0.5, 0.6) is 5.75 Å². The molecule has 28 heavy (non-hydrogen) atoms. The molecule has 3 aromatic heterocycles. The van der Waals surface area contributed by atoms with Crippen LogP contribution in [-0.4, -0.2) is 31.2 Å². The second kappa shape index (κ2) is 7.39. The maximum atomic E-state index is 12.5. The lowest BCUT2D eigenvalue weighted by molar-refractivity contribution is -0.0498. The highest BCUT2D eigenvalue weighted by molar-refractivity contribution is 5.56. The molecule has 0 fully saturated rings. The van der Waals surface area contributed by atoms with Crippen LogP contribution in [0.15, 0.2) is 78.0 Å². The molecule has 0 bridgehead atoms. The van der Waals surface area contributed by atoms with Crippen LogP contribution in [0.2, 0.25) is 0 Å². The molecule has 4 rings (SSSR count). The van der Waals surface area contributed by atoms with E-state index in [1.54, 1.807) is 48.8 Å². The molecule has 0 atom stereocenters. The minimum atomic E-state index is -2.93. The molecule has 3 heterocycles. The summed E-state index contributed by atoms with van der Waals surface area (Å²) in [5, 5.41) is 8.58. The van der Waals surface area contributed by atoms with Gasteiger partial charge in [0.2, 0.25) is 5.43 Å². The molecular weight excluding hydrogens is 368 g/mol. The third-order valence-corrected chi connectivity index (χ3v) is 3.87. The number of benzene rings is 1. The van der Waals surface area contributed by atoms with Crippen LogP contribution in [0.25, 0.3) is 22.9 Å². The van der Waals surface area contributed by atoms with E-state index in [1.807, 2.05) is 0 Å². The van der Waals surface area contributed by atoms with Crippen molar-refractivity contribution in [3.05, 3.63) is 83.4 Å². The number of alkyl halides is 2. The monoisotopic (exact) mass is 381 g/mol. The fraction of sp³-hybridized carbons (Fsp3) is 0.0526. The van der Waals surface area contributed by atoms with Crippen LogP contribution in [0.1, 0.15) is 0 Å². The highest BCUT2D eigenvalue weighted by atomic mass is 19.3. The van der Waals surface area contributed by atoms with Gasteiger partial charge in [-0.2, -0.15) is 19.0 Å². The van der Waals surface area contributed by atoms with E-state index in [0.717, 1.165) is 0 Å². The molecule has 0 aliphatic carbocycles. The molecule has 0 aliphatic heterocycles. The van der Waals surface area contributed by atoms with Gasteiger partial charge in [0.25, 0.3) is 0 Å². The molecule has 1 aromatic carbocycles. The van der Waals surface area contributed by atoms with Crippen molar-refractivity contribution in [2.45, 2.75) is 6.61 Å². The van der Waals surface area contributed by atoms with Gasteiger partial charge in [-0.05, 0) is 30.3 Å². The molecule has 0 unspecified atom stereocenters. The first kappa shape index (κ1) is 17.5. The number of rotatable bonds is 5. The van der Waals surface area contributed by atoms with Gasteiger partial charge in [-0.3, -0.25) is 4.79 Å². The van der Waals surface area contributed by atoms with Gasteiger partial charge < -0.3 is 4.74 Å². The number of ether oxygens (including phenoxy) is 1. The van der Waals surface area contributed by atoms with Gasteiger partial charge in [0.05, 0.1) is 11.9 Å². The van der Waals surface area contributed by atoms with E-state index < -0.39 is 6.61 Å². The van der Waals surface area contributed by atoms with Crippen molar-refractivity contribution in [3.8, 4) is 28.6 Å². The Hall–Kier alpha value is -3.88. The lowest BCUT2D eigenvalue weighted by Gasteiger charge is -2.10. The largest absolute Gasteiger partial charge is 0.435 e. The minimum Gasteiger partial charge on any atom is -0.435 e. The predicted molar refractivity (Wildman–Crippen MR) is 96.8 cm³/mol. The van der Waals surface area contributed by atoms with Gasteiger partial charge in [0.1, 0.15) is 11.4 Å². The lowest BCUT2D eigenvalue weighted by atomic mass is 10.2. The summed E-state index contributed by atoms with van der Waals surface area (Å²) < 4.78 is 32.3. The summed E-state index contributed by atoms with van der Waals surface area (Å²) in [6.07, 6.45) is 4.61. The van der Waals surface area contributed by atoms with Gasteiger partial charge >= 0.3 is 6.61 Å². The maximum Gasteiger partial charge on any atom is 0.387 e. The van der Waals surface area contributed by atoms with Crippen LogP contribution in [0.4, 0.5) is 8.78 Å². The Labute approximate surface area is 157 Å². The summed E-state index contributed by atoms with van der Waals surface area (Å²) in [6, 6.07) is 14.4. The summed E-state index contributed by atoms with van der Waals surface area (Å²) in [5.74, 6) is 0.527. The van der Waals surface area contributed by atoms with Gasteiger partial charge in [-0.15, -0.1) is 0 Å². The van der Waals surface area contributed by atoms with Gasteiger partial charge in [0, 0.05) is 24.5 Å². The Morgan fingerprint density at radius 3 is 2.68 bits per heavy atom. The van der Waals surface area contributed by atoms with E-state index in [9.17, 15) is 13.6 Å². The summed E-state index contributed by atoms with van der Waals surface area (Å²) >= 11 is 0. The van der Waals surface area contributed by atoms with Gasteiger partial charge in [-0.25, -0.2) is 14.3 Å². The van der Waals surface area contributed by atoms with Crippen LogP contribution >= 0.6 is 0 Å². The number of nitrogens with zero attached hydrogens (tertiary/aromatic N) is 5. The van der Waals surface area contributed by atoms with Gasteiger partial charge in [-0.1, -0.05) is 12.1 Å². The van der Waals surface area contributed by atoms with Crippen LogP contribution in [-0.2, 0) is 0 Å². The van der Waals surface area contributed by atoms with E-state index in [4.69, 9.17) is 0 Å². The Bertz CT molecular complexity index is 1160. The van der Waals surface area contributed by atoms with Crippen LogP contribution < -0.4 is 10.2 Å². The fourth-order valence-electron chi connectivity index (χ4n) is 2.68. The first-order valence-electron chi connectivity index (χ1n) is 8.23. The molecule has 140 valence electrons. The van der Waals surface area contributed by atoms with Crippen molar-refractivity contribution in [2.75, 3.05) is 0 Å². The topological polar surface area (TPSA) is 74.8 Å². The summed E-state index contributed by atoms with van der Waals surface area (Å²) in [7, 11) is 0. The summed E-state index contributed by atoms with van der Waals surface area (Å²) in [4.78, 5) is 16.7. The zero-order chi connectivity index (χ0) is 19.5. The molecule has 0 radical (unpaired) electrons. The average Bonchev–Trinajstić information content (AvgIpc) is 3.18. The highest BCUT2D eigenvalue weighted by Gasteiger charge is 2.14. The zero-order valence-electron chi connectivity index (χ0n) is 14.3. The molecule has 0 saturated carbocycles. The molecule has 0 aliphatic rings. The van der Waals surface area contributed by atoms with Gasteiger partial charge in [0.15, 0.2) is 11.5 Å². The SMILES string of the molecule is O=c1ccn(-c2cccc(OC(F)F)c2)nc1-c1ccnn1-c1ccccn1. The standard InChI is InChI=1S/C19H13F2N5O2/c20-19(21)28-14-5-3-4-13(12-14)25-11-8-16(27)18(24-25)15-7-10-23-26(15)17-6-1-2-9-22-17/h1-12,19H. The molecular formula is C19H13F2N5O2. The lowest BCUT2D eigenvalue weighted by Crippen LogP contribution is -2.15. The van der Waals surface area contributed by atoms with E-state index in [2.05, 4.69) is 19.9 Å². The second-order valence-corrected chi connectivity index (χ2v) is 5.67. The molecule has 4 aromatic rings. The summed E-state index contributed by atoms with van der Waals surface area (Å²) in [5.41, 5.74) is 0.751. The van der Waals surface area contributed by atoms with Crippen molar-refractivity contribution in [1.29, 1.82) is 0 Å². The first-order chi connectivity index (χ1) is 13.6. The van der Waals surface area contributed by atoms with Crippen molar-refractivity contribution in [1.82, 2.24) is 24.5 Å². The number of halogens is 2. The zero-order valence-corrected chi connectivity index (χ0v) is 14.3. The Balaban J connectivity index is 1.78. The van der Waals surface area contributed by atoms with E-state index in [0.29, 0.717) is 17.2 Å². The number of pyridine rings is 1. The third kappa shape index (κ3) is 3.50. The van der Waals surface area contributed by atoms with E-state index in [-0.39, 0.29) is 16.9 Å².